The molecule has 114 valence electrons. The Morgan fingerprint density at radius 2 is 1.86 bits per heavy atom. The maximum absolute atomic E-state index is 12.4. The summed E-state index contributed by atoms with van der Waals surface area (Å²) in [5, 5.41) is 8.62. The van der Waals surface area contributed by atoms with Gasteiger partial charge in [-0.1, -0.05) is 12.1 Å². The van der Waals surface area contributed by atoms with E-state index in [9.17, 15) is 8.42 Å². The number of anilines is 1. The molecule has 0 saturated heterocycles. The highest BCUT2D eigenvalue weighted by Crippen LogP contribution is 2.23. The van der Waals surface area contributed by atoms with Gasteiger partial charge in [0.05, 0.1) is 24.5 Å². The summed E-state index contributed by atoms with van der Waals surface area (Å²) < 4.78 is 32.4. The number of benzene rings is 2. The molecule has 1 N–H and O–H groups in total. The van der Waals surface area contributed by atoms with Gasteiger partial charge in [0.25, 0.3) is 10.0 Å². The first-order chi connectivity index (χ1) is 10.5. The zero-order valence-electron chi connectivity index (χ0n) is 12.3. The number of aryl methyl sites for hydroxylation is 1. The minimum atomic E-state index is -3.66. The van der Waals surface area contributed by atoms with E-state index < -0.39 is 10.0 Å². The first-order valence-electron chi connectivity index (χ1n) is 6.59. The molecule has 2 aromatic rings. The molecule has 22 heavy (non-hydrogen) atoms. The van der Waals surface area contributed by atoms with Crippen molar-refractivity contribution < 1.29 is 13.2 Å². The number of nitriles is 1. The number of nitrogens with one attached hydrogen (secondary N) is 1. The lowest BCUT2D eigenvalue weighted by atomic mass is 10.1. The van der Waals surface area contributed by atoms with E-state index in [1.54, 1.807) is 43.3 Å². The first-order valence-corrected chi connectivity index (χ1v) is 8.08. The monoisotopic (exact) mass is 316 g/mol. The van der Waals surface area contributed by atoms with Gasteiger partial charge in [-0.25, -0.2) is 8.42 Å². The summed E-state index contributed by atoms with van der Waals surface area (Å²) in [4.78, 5) is 0.173. The standard InChI is InChI=1S/C16H16N2O3S/c1-12-11-15(7-8-16(12)21-2)22(19,20)18-14-5-3-13(4-6-14)9-10-17/h3-8,11,18H,9H2,1-2H3. The van der Waals surface area contributed by atoms with Gasteiger partial charge in [0.15, 0.2) is 0 Å². The van der Waals surface area contributed by atoms with E-state index in [4.69, 9.17) is 10.00 Å². The second-order valence-electron chi connectivity index (χ2n) is 4.77. The normalized spacial score (nSPS) is 10.8. The van der Waals surface area contributed by atoms with Gasteiger partial charge < -0.3 is 4.74 Å². The van der Waals surface area contributed by atoms with Crippen molar-refractivity contribution in [3.63, 3.8) is 0 Å². The lowest BCUT2D eigenvalue weighted by Gasteiger charge is -2.10. The smallest absolute Gasteiger partial charge is 0.261 e. The molecule has 0 spiro atoms. The van der Waals surface area contributed by atoms with Crippen LogP contribution in [-0.4, -0.2) is 15.5 Å². The van der Waals surface area contributed by atoms with Crippen LogP contribution in [0.2, 0.25) is 0 Å². The Labute approximate surface area is 130 Å². The number of hydrogen-bond acceptors (Lipinski definition) is 4. The number of sulfonamides is 1. The number of ether oxygens (including phenoxy) is 1. The second kappa shape index (κ2) is 6.50. The number of methoxy groups -OCH3 is 1. The van der Waals surface area contributed by atoms with Crippen LogP contribution in [0.25, 0.3) is 0 Å². The lowest BCUT2D eigenvalue weighted by Crippen LogP contribution is -2.13. The second-order valence-corrected chi connectivity index (χ2v) is 6.45. The topological polar surface area (TPSA) is 79.2 Å². The third kappa shape index (κ3) is 3.57. The summed E-state index contributed by atoms with van der Waals surface area (Å²) in [7, 11) is -2.12. The highest BCUT2D eigenvalue weighted by Gasteiger charge is 2.15. The van der Waals surface area contributed by atoms with E-state index in [2.05, 4.69) is 4.72 Å². The summed E-state index contributed by atoms with van der Waals surface area (Å²) in [5.74, 6) is 0.639. The largest absolute Gasteiger partial charge is 0.496 e. The van der Waals surface area contributed by atoms with Crippen LogP contribution in [0.1, 0.15) is 11.1 Å². The van der Waals surface area contributed by atoms with Crippen LogP contribution in [0.3, 0.4) is 0 Å². The fourth-order valence-electron chi connectivity index (χ4n) is 2.01. The Hall–Kier alpha value is -2.52. The molecule has 0 aliphatic heterocycles. The Morgan fingerprint density at radius 1 is 1.18 bits per heavy atom. The summed E-state index contributed by atoms with van der Waals surface area (Å²) in [6.07, 6.45) is 0.296. The van der Waals surface area contributed by atoms with Crippen molar-refractivity contribution in [3.8, 4) is 11.8 Å². The molecular weight excluding hydrogens is 300 g/mol. The molecule has 0 aliphatic rings. The third-order valence-corrected chi connectivity index (χ3v) is 4.54. The van der Waals surface area contributed by atoms with Crippen molar-refractivity contribution in [2.24, 2.45) is 0 Å². The summed E-state index contributed by atoms with van der Waals surface area (Å²) in [6.45, 7) is 1.79. The molecule has 6 heteroatoms. The van der Waals surface area contributed by atoms with Gasteiger partial charge in [-0.3, -0.25) is 4.72 Å². The molecule has 0 heterocycles. The van der Waals surface area contributed by atoms with Crippen LogP contribution in [0.5, 0.6) is 5.75 Å². The van der Waals surface area contributed by atoms with Crippen molar-refractivity contribution >= 4 is 15.7 Å². The van der Waals surface area contributed by atoms with Crippen molar-refractivity contribution in [1.82, 2.24) is 0 Å². The number of rotatable bonds is 5. The van der Waals surface area contributed by atoms with Crippen LogP contribution in [0.15, 0.2) is 47.4 Å². The number of hydrogen-bond donors (Lipinski definition) is 1. The molecule has 0 bridgehead atoms. The third-order valence-electron chi connectivity index (χ3n) is 3.17. The quantitative estimate of drug-likeness (QED) is 0.920. The molecule has 0 unspecified atom stereocenters. The Kier molecular flexibility index (Phi) is 4.68. The summed E-state index contributed by atoms with van der Waals surface area (Å²) in [5.41, 5.74) is 2.04. The van der Waals surface area contributed by atoms with Crippen LogP contribution in [0, 0.1) is 18.3 Å². The molecule has 0 aliphatic carbocycles. The first kappa shape index (κ1) is 15.9. The minimum absolute atomic E-state index is 0.173. The molecule has 0 atom stereocenters. The zero-order valence-corrected chi connectivity index (χ0v) is 13.1. The van der Waals surface area contributed by atoms with Gasteiger partial charge in [0.2, 0.25) is 0 Å². The van der Waals surface area contributed by atoms with Crippen molar-refractivity contribution in [1.29, 1.82) is 5.26 Å². The van der Waals surface area contributed by atoms with Gasteiger partial charge in [-0.15, -0.1) is 0 Å². The van der Waals surface area contributed by atoms with Gasteiger partial charge in [0, 0.05) is 5.69 Å². The average molecular weight is 316 g/mol. The van der Waals surface area contributed by atoms with Crippen LogP contribution in [0.4, 0.5) is 5.69 Å². The summed E-state index contributed by atoms with van der Waals surface area (Å²) >= 11 is 0. The molecule has 0 radical (unpaired) electrons. The van der Waals surface area contributed by atoms with E-state index in [0.29, 0.717) is 17.9 Å². The van der Waals surface area contributed by atoms with Gasteiger partial charge in [-0.2, -0.15) is 5.26 Å². The zero-order chi connectivity index (χ0) is 16.2. The van der Waals surface area contributed by atoms with Crippen molar-refractivity contribution in [3.05, 3.63) is 53.6 Å². The van der Waals surface area contributed by atoms with Crippen LogP contribution in [-0.2, 0) is 16.4 Å². The Morgan fingerprint density at radius 3 is 2.41 bits per heavy atom. The fourth-order valence-corrected chi connectivity index (χ4v) is 3.16. The van der Waals surface area contributed by atoms with E-state index in [0.717, 1.165) is 11.1 Å². The molecule has 0 aromatic heterocycles. The SMILES string of the molecule is COc1ccc(S(=O)(=O)Nc2ccc(CC#N)cc2)cc1C. The van der Waals surface area contributed by atoms with E-state index in [1.807, 2.05) is 6.07 Å². The van der Waals surface area contributed by atoms with Crippen LogP contribution < -0.4 is 9.46 Å². The maximum atomic E-state index is 12.4. The van der Waals surface area contributed by atoms with Crippen molar-refractivity contribution in [2.75, 3.05) is 11.8 Å². The summed E-state index contributed by atoms with van der Waals surface area (Å²) in [6, 6.07) is 13.5. The van der Waals surface area contributed by atoms with Gasteiger partial charge in [0.1, 0.15) is 5.75 Å². The van der Waals surface area contributed by atoms with E-state index in [-0.39, 0.29) is 4.90 Å². The fraction of sp³-hybridized carbons (Fsp3) is 0.188. The molecule has 2 rings (SSSR count). The number of nitrogens with zero attached hydrogens (tertiary/aromatic N) is 1. The molecule has 2 aromatic carbocycles. The predicted octanol–water partition coefficient (Wildman–Crippen LogP) is 2.87. The molecule has 0 amide bonds. The molecule has 0 fully saturated rings. The van der Waals surface area contributed by atoms with Crippen LogP contribution >= 0.6 is 0 Å². The van der Waals surface area contributed by atoms with Gasteiger partial charge in [-0.05, 0) is 48.4 Å². The Balaban J connectivity index is 2.24. The molecular formula is C16H16N2O3S. The molecule has 0 saturated carbocycles. The lowest BCUT2D eigenvalue weighted by molar-refractivity contribution is 0.411. The minimum Gasteiger partial charge on any atom is -0.496 e. The van der Waals surface area contributed by atoms with E-state index in [1.165, 1.54) is 13.2 Å². The highest BCUT2D eigenvalue weighted by atomic mass is 32.2. The highest BCUT2D eigenvalue weighted by molar-refractivity contribution is 7.92. The Bertz CT molecular complexity index is 806. The predicted molar refractivity (Wildman–Crippen MR) is 84.3 cm³/mol. The van der Waals surface area contributed by atoms with Crippen molar-refractivity contribution in [2.45, 2.75) is 18.2 Å². The maximum Gasteiger partial charge on any atom is 0.261 e. The van der Waals surface area contributed by atoms with Gasteiger partial charge >= 0.3 is 0 Å². The molecule has 5 nitrogen and oxygen atoms in total. The average Bonchev–Trinajstić information content (AvgIpc) is 2.49. The van der Waals surface area contributed by atoms with E-state index >= 15 is 0 Å².